The van der Waals surface area contributed by atoms with Crippen molar-refractivity contribution < 1.29 is 22.7 Å². The maximum Gasteiger partial charge on any atom is 0.265 e. The number of benzene rings is 2. The number of ether oxygens (including phenoxy) is 1. The third kappa shape index (κ3) is 6.07. The number of hydrogen-bond acceptors (Lipinski definition) is 5. The van der Waals surface area contributed by atoms with Crippen LogP contribution in [0.1, 0.15) is 39.2 Å². The van der Waals surface area contributed by atoms with Crippen molar-refractivity contribution in [1.29, 1.82) is 0 Å². The molecule has 2 heterocycles. The van der Waals surface area contributed by atoms with Crippen molar-refractivity contribution in [2.45, 2.75) is 51.0 Å². The van der Waals surface area contributed by atoms with Crippen LogP contribution in [0.4, 0.5) is 5.69 Å². The molecule has 1 N–H and O–H groups in total. The first-order valence-corrected chi connectivity index (χ1v) is 14.0. The average Bonchev–Trinajstić information content (AvgIpc) is 2.84. The fourth-order valence-electron chi connectivity index (χ4n) is 5.03. The number of anilines is 1. The van der Waals surface area contributed by atoms with E-state index in [1.54, 1.807) is 6.07 Å². The van der Waals surface area contributed by atoms with E-state index in [0.29, 0.717) is 24.5 Å². The molecule has 0 spiro atoms. The second kappa shape index (κ2) is 11.0. The third-order valence-electron chi connectivity index (χ3n) is 6.76. The summed E-state index contributed by atoms with van der Waals surface area (Å²) < 4.78 is 33.9. The van der Waals surface area contributed by atoms with Gasteiger partial charge in [-0.05, 0) is 61.8 Å². The highest BCUT2D eigenvalue weighted by atomic mass is 32.2. The van der Waals surface area contributed by atoms with Gasteiger partial charge in [-0.2, -0.15) is 4.31 Å². The Hall–Kier alpha value is -2.91. The van der Waals surface area contributed by atoms with E-state index in [1.807, 2.05) is 25.1 Å². The highest BCUT2D eigenvalue weighted by Gasteiger charge is 2.34. The SMILES string of the molecule is C[C@@H]1C[C@@H](C)CN(S(=O)(=O)c2ccc3c(c2)N(CC(=O)N[C@@H](C)CCc2ccccc2)C(=O)CO3)C1. The molecule has 0 unspecified atom stereocenters. The molecule has 2 aromatic rings. The molecule has 3 atom stereocenters. The van der Waals surface area contributed by atoms with Crippen LogP contribution in [0.2, 0.25) is 0 Å². The predicted molar refractivity (Wildman–Crippen MR) is 138 cm³/mol. The van der Waals surface area contributed by atoms with E-state index >= 15 is 0 Å². The minimum absolute atomic E-state index is 0.0805. The van der Waals surface area contributed by atoms with Crippen LogP contribution in [-0.4, -0.2) is 56.8 Å². The lowest BCUT2D eigenvalue weighted by Gasteiger charge is -2.34. The number of sulfonamides is 1. The van der Waals surface area contributed by atoms with E-state index in [-0.39, 0.29) is 47.7 Å². The standard InChI is InChI=1S/C27H35N3O5S/c1-19-13-20(2)16-29(15-19)36(33,34)23-11-12-25-24(14-23)30(27(32)18-35-25)17-26(31)28-21(3)9-10-22-7-5-4-6-8-22/h4-8,11-12,14,19-21H,9-10,13,15-18H2,1-3H3,(H,28,31)/t19-,20-,21+/m1/s1. The van der Waals surface area contributed by atoms with Crippen molar-refractivity contribution in [3.8, 4) is 5.75 Å². The molecule has 1 saturated heterocycles. The summed E-state index contributed by atoms with van der Waals surface area (Å²) in [5, 5.41) is 2.95. The largest absolute Gasteiger partial charge is 0.482 e. The lowest BCUT2D eigenvalue weighted by atomic mass is 9.94. The normalized spacial score (nSPS) is 21.4. The molecule has 0 aliphatic carbocycles. The molecule has 0 aromatic heterocycles. The number of fused-ring (bicyclic) bond motifs is 1. The van der Waals surface area contributed by atoms with Crippen LogP contribution >= 0.6 is 0 Å². The first-order valence-electron chi connectivity index (χ1n) is 12.5. The number of carbonyl (C=O) groups is 2. The van der Waals surface area contributed by atoms with Crippen LogP contribution in [0.25, 0.3) is 0 Å². The zero-order chi connectivity index (χ0) is 25.9. The van der Waals surface area contributed by atoms with Gasteiger partial charge in [0.1, 0.15) is 12.3 Å². The Balaban J connectivity index is 1.47. The monoisotopic (exact) mass is 513 g/mol. The minimum atomic E-state index is -3.74. The van der Waals surface area contributed by atoms with Crippen LogP contribution < -0.4 is 15.0 Å². The fraction of sp³-hybridized carbons (Fsp3) is 0.481. The van der Waals surface area contributed by atoms with Crippen molar-refractivity contribution in [3.05, 3.63) is 54.1 Å². The molecule has 2 aromatic carbocycles. The van der Waals surface area contributed by atoms with E-state index in [2.05, 4.69) is 31.3 Å². The molecule has 2 aliphatic rings. The summed E-state index contributed by atoms with van der Waals surface area (Å²) in [6.07, 6.45) is 2.58. The summed E-state index contributed by atoms with van der Waals surface area (Å²) in [4.78, 5) is 26.9. The van der Waals surface area contributed by atoms with Crippen molar-refractivity contribution in [3.63, 3.8) is 0 Å². The smallest absolute Gasteiger partial charge is 0.265 e. The van der Waals surface area contributed by atoms with E-state index in [4.69, 9.17) is 4.74 Å². The van der Waals surface area contributed by atoms with Gasteiger partial charge in [0.2, 0.25) is 15.9 Å². The van der Waals surface area contributed by atoms with Gasteiger partial charge in [-0.3, -0.25) is 14.5 Å². The molecule has 0 saturated carbocycles. The van der Waals surface area contributed by atoms with Crippen molar-refractivity contribution in [1.82, 2.24) is 9.62 Å². The molecule has 0 radical (unpaired) electrons. The molecule has 1 fully saturated rings. The number of rotatable bonds is 8. The molecule has 194 valence electrons. The number of piperidine rings is 1. The Bertz CT molecular complexity index is 1190. The Kier molecular flexibility index (Phi) is 8.00. The highest BCUT2D eigenvalue weighted by Crippen LogP contribution is 2.36. The lowest BCUT2D eigenvalue weighted by Crippen LogP contribution is -2.47. The maximum atomic E-state index is 13.4. The van der Waals surface area contributed by atoms with E-state index in [1.165, 1.54) is 26.9 Å². The van der Waals surface area contributed by atoms with Gasteiger partial charge in [-0.25, -0.2) is 8.42 Å². The molecular weight excluding hydrogens is 478 g/mol. The van der Waals surface area contributed by atoms with Crippen molar-refractivity contribution >= 4 is 27.5 Å². The second-order valence-corrected chi connectivity index (χ2v) is 12.1. The van der Waals surface area contributed by atoms with Gasteiger partial charge in [-0.1, -0.05) is 44.2 Å². The molecule has 36 heavy (non-hydrogen) atoms. The third-order valence-corrected chi connectivity index (χ3v) is 8.59. The van der Waals surface area contributed by atoms with E-state index < -0.39 is 10.0 Å². The predicted octanol–water partition coefficient (Wildman–Crippen LogP) is 3.22. The number of nitrogens with one attached hydrogen (secondary N) is 1. The van der Waals surface area contributed by atoms with Crippen molar-refractivity contribution in [2.24, 2.45) is 11.8 Å². The maximum absolute atomic E-state index is 13.4. The topological polar surface area (TPSA) is 96.0 Å². The van der Waals surface area contributed by atoms with Crippen LogP contribution in [0.15, 0.2) is 53.4 Å². The van der Waals surface area contributed by atoms with Gasteiger partial charge >= 0.3 is 0 Å². The zero-order valence-electron chi connectivity index (χ0n) is 21.1. The van der Waals surface area contributed by atoms with Gasteiger partial charge in [0.25, 0.3) is 5.91 Å². The molecular formula is C27H35N3O5S. The minimum Gasteiger partial charge on any atom is -0.482 e. The lowest BCUT2D eigenvalue weighted by molar-refractivity contribution is -0.125. The Morgan fingerprint density at radius 3 is 2.50 bits per heavy atom. The molecule has 2 aliphatic heterocycles. The first-order chi connectivity index (χ1) is 17.1. The highest BCUT2D eigenvalue weighted by molar-refractivity contribution is 7.89. The van der Waals surface area contributed by atoms with Gasteiger partial charge in [0.15, 0.2) is 6.61 Å². The average molecular weight is 514 g/mol. The summed E-state index contributed by atoms with van der Waals surface area (Å²) in [7, 11) is -3.74. The van der Waals surface area contributed by atoms with Gasteiger partial charge < -0.3 is 10.1 Å². The summed E-state index contributed by atoms with van der Waals surface area (Å²) in [5.41, 5.74) is 1.50. The van der Waals surface area contributed by atoms with E-state index in [0.717, 1.165) is 19.3 Å². The Morgan fingerprint density at radius 2 is 1.81 bits per heavy atom. The number of aryl methyl sites for hydroxylation is 1. The molecule has 9 heteroatoms. The van der Waals surface area contributed by atoms with E-state index in [9.17, 15) is 18.0 Å². The Morgan fingerprint density at radius 1 is 1.11 bits per heavy atom. The molecule has 2 amide bonds. The number of carbonyl (C=O) groups excluding carboxylic acids is 2. The second-order valence-electron chi connectivity index (χ2n) is 10.2. The summed E-state index contributed by atoms with van der Waals surface area (Å²) in [6.45, 7) is 6.57. The van der Waals surface area contributed by atoms with Crippen LogP contribution in [0.5, 0.6) is 5.75 Å². The number of hydrogen-bond donors (Lipinski definition) is 1. The summed E-state index contributed by atoms with van der Waals surface area (Å²) in [5.74, 6) is 0.247. The fourth-order valence-corrected chi connectivity index (χ4v) is 6.73. The molecule has 0 bridgehead atoms. The summed E-state index contributed by atoms with van der Waals surface area (Å²) >= 11 is 0. The first kappa shape index (κ1) is 26.2. The number of nitrogens with zero attached hydrogens (tertiary/aromatic N) is 2. The van der Waals surface area contributed by atoms with Gasteiger partial charge in [0.05, 0.1) is 10.6 Å². The van der Waals surface area contributed by atoms with Crippen molar-refractivity contribution in [2.75, 3.05) is 31.1 Å². The zero-order valence-corrected chi connectivity index (χ0v) is 22.0. The quantitative estimate of drug-likeness (QED) is 0.585. The number of amides is 2. The summed E-state index contributed by atoms with van der Waals surface area (Å²) in [6, 6.07) is 14.5. The molecule has 8 nitrogen and oxygen atoms in total. The van der Waals surface area contributed by atoms with Gasteiger partial charge in [-0.15, -0.1) is 0 Å². The van der Waals surface area contributed by atoms with Crippen LogP contribution in [-0.2, 0) is 26.0 Å². The van der Waals surface area contributed by atoms with Gasteiger partial charge in [0, 0.05) is 19.1 Å². The molecule has 4 rings (SSSR count). The van der Waals surface area contributed by atoms with Crippen LogP contribution in [0.3, 0.4) is 0 Å². The van der Waals surface area contributed by atoms with Crippen LogP contribution in [0, 0.1) is 11.8 Å². The Labute approximate surface area is 213 Å².